The molecule has 0 aromatic heterocycles. The van der Waals surface area contributed by atoms with Crippen LogP contribution in [0.2, 0.25) is 0 Å². The highest BCUT2D eigenvalue weighted by Crippen LogP contribution is 2.08. The average molecular weight is 123 g/mol. The van der Waals surface area contributed by atoms with Gasteiger partial charge in [-0.1, -0.05) is 0 Å². The highest BCUT2D eigenvalue weighted by atomic mass is 15.1. The van der Waals surface area contributed by atoms with Crippen LogP contribution in [0.1, 0.15) is 0 Å². The van der Waals surface area contributed by atoms with Crippen LogP contribution in [-0.2, 0) is 0 Å². The van der Waals surface area contributed by atoms with Gasteiger partial charge in [-0.15, -0.1) is 0 Å². The molecule has 0 fully saturated rings. The summed E-state index contributed by atoms with van der Waals surface area (Å²) >= 11 is 0. The van der Waals surface area contributed by atoms with Gasteiger partial charge in [0.25, 0.3) is 0 Å². The Labute approximate surface area is 54.4 Å². The molecule has 0 spiro atoms. The van der Waals surface area contributed by atoms with Crippen LogP contribution in [0.15, 0.2) is 11.3 Å². The molecule has 0 bridgehead atoms. The molecule has 0 saturated carbocycles. The highest BCUT2D eigenvalue weighted by Gasteiger charge is 2.14. The van der Waals surface area contributed by atoms with Gasteiger partial charge in [-0.2, -0.15) is 5.26 Å². The fourth-order valence-electron chi connectivity index (χ4n) is 0.921. The Kier molecular flexibility index (Phi) is 1.41. The zero-order valence-corrected chi connectivity index (χ0v) is 5.39. The van der Waals surface area contributed by atoms with Crippen molar-refractivity contribution >= 4 is 0 Å². The first-order chi connectivity index (χ1) is 4.24. The molecular formula is C6H9N3. The first-order valence-electron chi connectivity index (χ1n) is 2.80. The van der Waals surface area contributed by atoms with Gasteiger partial charge in [0, 0.05) is 18.8 Å². The molecule has 3 nitrogen and oxygen atoms in total. The molecule has 0 aromatic carbocycles. The van der Waals surface area contributed by atoms with E-state index in [0.29, 0.717) is 6.54 Å². The maximum absolute atomic E-state index is 8.44. The molecular weight excluding hydrogens is 114 g/mol. The predicted octanol–water partition coefficient (Wildman–Crippen LogP) is -0.332. The molecule has 0 amide bonds. The van der Waals surface area contributed by atoms with E-state index in [2.05, 4.69) is 6.07 Å². The summed E-state index contributed by atoms with van der Waals surface area (Å²) in [6.07, 6.45) is 0. The SMILES string of the molecule is CN1CC(N)=C(C#N)C1. The standard InChI is InChI=1S/C6H9N3/c1-9-3-5(2-7)6(8)4-9/h3-4,8H2,1H3. The topological polar surface area (TPSA) is 53.0 Å². The largest absolute Gasteiger partial charge is 0.400 e. The molecule has 1 rings (SSSR count). The average Bonchev–Trinajstić information content (AvgIpc) is 2.10. The second-order valence-corrected chi connectivity index (χ2v) is 2.29. The second-order valence-electron chi connectivity index (χ2n) is 2.29. The van der Waals surface area contributed by atoms with Gasteiger partial charge < -0.3 is 5.73 Å². The number of hydrogen-bond acceptors (Lipinski definition) is 3. The van der Waals surface area contributed by atoms with Crippen LogP contribution in [0.25, 0.3) is 0 Å². The van der Waals surface area contributed by atoms with Crippen molar-refractivity contribution < 1.29 is 0 Å². The fraction of sp³-hybridized carbons (Fsp3) is 0.500. The molecule has 2 N–H and O–H groups in total. The molecule has 9 heavy (non-hydrogen) atoms. The third-order valence-corrected chi connectivity index (χ3v) is 1.39. The van der Waals surface area contributed by atoms with E-state index in [1.807, 2.05) is 11.9 Å². The van der Waals surface area contributed by atoms with Crippen molar-refractivity contribution in [3.63, 3.8) is 0 Å². The van der Waals surface area contributed by atoms with Crippen molar-refractivity contribution in [2.45, 2.75) is 0 Å². The molecule has 0 unspecified atom stereocenters. The van der Waals surface area contributed by atoms with Gasteiger partial charge in [0.2, 0.25) is 0 Å². The Hall–Kier alpha value is -1.01. The molecule has 1 aliphatic rings. The third kappa shape index (κ3) is 1.03. The molecule has 3 heteroatoms. The number of likely N-dealkylation sites (N-methyl/N-ethyl adjacent to an activating group) is 1. The first kappa shape index (κ1) is 6.12. The van der Waals surface area contributed by atoms with E-state index in [1.54, 1.807) is 0 Å². The Morgan fingerprint density at radius 3 is 2.56 bits per heavy atom. The van der Waals surface area contributed by atoms with Gasteiger partial charge in [-0.05, 0) is 7.05 Å². The molecule has 0 saturated heterocycles. The van der Waals surface area contributed by atoms with Crippen molar-refractivity contribution in [2.75, 3.05) is 20.1 Å². The number of nitrogens with zero attached hydrogens (tertiary/aromatic N) is 2. The Balaban J connectivity index is 2.73. The van der Waals surface area contributed by atoms with E-state index in [9.17, 15) is 0 Å². The summed E-state index contributed by atoms with van der Waals surface area (Å²) in [5.74, 6) is 0. The minimum absolute atomic E-state index is 0.711. The zero-order chi connectivity index (χ0) is 6.85. The Bertz CT molecular complexity index is 187. The molecule has 1 aliphatic heterocycles. The lowest BCUT2D eigenvalue weighted by Gasteiger charge is -2.03. The van der Waals surface area contributed by atoms with Gasteiger partial charge in [-0.25, -0.2) is 0 Å². The van der Waals surface area contributed by atoms with Crippen LogP contribution in [0.4, 0.5) is 0 Å². The Morgan fingerprint density at radius 2 is 2.33 bits per heavy atom. The maximum atomic E-state index is 8.44. The van der Waals surface area contributed by atoms with Crippen molar-refractivity contribution in [1.82, 2.24) is 4.90 Å². The Morgan fingerprint density at radius 1 is 1.67 bits per heavy atom. The van der Waals surface area contributed by atoms with Crippen LogP contribution in [-0.4, -0.2) is 25.0 Å². The van der Waals surface area contributed by atoms with Gasteiger partial charge in [0.1, 0.15) is 0 Å². The summed E-state index contributed by atoms with van der Waals surface area (Å²) in [7, 11) is 1.94. The number of nitrogens with two attached hydrogens (primary N) is 1. The van der Waals surface area contributed by atoms with E-state index in [1.165, 1.54) is 0 Å². The van der Waals surface area contributed by atoms with E-state index >= 15 is 0 Å². The second kappa shape index (κ2) is 2.08. The maximum Gasteiger partial charge on any atom is 0.0979 e. The van der Waals surface area contributed by atoms with Crippen LogP contribution in [0.3, 0.4) is 0 Å². The summed E-state index contributed by atoms with van der Waals surface area (Å²) in [6, 6.07) is 2.06. The van der Waals surface area contributed by atoms with Crippen LogP contribution >= 0.6 is 0 Å². The van der Waals surface area contributed by atoms with E-state index in [0.717, 1.165) is 17.8 Å². The van der Waals surface area contributed by atoms with Gasteiger partial charge >= 0.3 is 0 Å². The van der Waals surface area contributed by atoms with Crippen molar-refractivity contribution in [3.05, 3.63) is 11.3 Å². The fourth-order valence-corrected chi connectivity index (χ4v) is 0.921. The molecule has 0 atom stereocenters. The van der Waals surface area contributed by atoms with Crippen molar-refractivity contribution in [1.29, 1.82) is 5.26 Å². The summed E-state index contributed by atoms with van der Waals surface area (Å²) in [4.78, 5) is 2.01. The molecule has 0 aromatic rings. The molecule has 48 valence electrons. The first-order valence-corrected chi connectivity index (χ1v) is 2.80. The van der Waals surface area contributed by atoms with E-state index in [4.69, 9.17) is 11.0 Å². The predicted molar refractivity (Wildman–Crippen MR) is 34.3 cm³/mol. The lowest BCUT2D eigenvalue weighted by atomic mass is 10.3. The lowest BCUT2D eigenvalue weighted by molar-refractivity contribution is 0.425. The van der Waals surface area contributed by atoms with Crippen LogP contribution < -0.4 is 5.73 Å². The number of hydrogen-bond donors (Lipinski definition) is 1. The summed E-state index contributed by atoms with van der Waals surface area (Å²) in [6.45, 7) is 1.45. The normalized spacial score (nSPS) is 20.4. The highest BCUT2D eigenvalue weighted by molar-refractivity contribution is 5.32. The van der Waals surface area contributed by atoms with E-state index in [-0.39, 0.29) is 0 Å². The van der Waals surface area contributed by atoms with Gasteiger partial charge in [0.15, 0.2) is 0 Å². The minimum Gasteiger partial charge on any atom is -0.400 e. The van der Waals surface area contributed by atoms with Crippen molar-refractivity contribution in [3.8, 4) is 6.07 Å². The lowest BCUT2D eigenvalue weighted by Crippen LogP contribution is -2.16. The summed E-state index contributed by atoms with van der Waals surface area (Å²) in [5, 5.41) is 8.44. The van der Waals surface area contributed by atoms with Crippen LogP contribution in [0.5, 0.6) is 0 Å². The third-order valence-electron chi connectivity index (χ3n) is 1.39. The molecule has 1 heterocycles. The van der Waals surface area contributed by atoms with Gasteiger partial charge in [-0.3, -0.25) is 4.90 Å². The number of rotatable bonds is 0. The van der Waals surface area contributed by atoms with Crippen LogP contribution in [0, 0.1) is 11.3 Å². The number of nitriles is 1. The quantitative estimate of drug-likeness (QED) is 0.479. The summed E-state index contributed by atoms with van der Waals surface area (Å²) in [5.41, 5.74) is 6.94. The molecule has 0 aliphatic carbocycles. The monoisotopic (exact) mass is 123 g/mol. The summed E-state index contributed by atoms with van der Waals surface area (Å²) < 4.78 is 0. The molecule has 0 radical (unpaired) electrons. The minimum atomic E-state index is 0.711. The zero-order valence-electron chi connectivity index (χ0n) is 5.39. The van der Waals surface area contributed by atoms with E-state index < -0.39 is 0 Å². The van der Waals surface area contributed by atoms with Crippen molar-refractivity contribution in [2.24, 2.45) is 5.73 Å². The smallest absolute Gasteiger partial charge is 0.0979 e. The van der Waals surface area contributed by atoms with Gasteiger partial charge in [0.05, 0.1) is 11.6 Å².